The standard InChI is InChI=1S/C24H32N4O/c1-20-7-3-5-9-22(20)26-13-11-25(12-14-26)19-24(29)28-17-15-27(16-18-28)23-10-6-4-8-21(23)2/h3-10H,11-19H2,1-2H3/p+1. The number of carbonyl (C=O) groups excluding carboxylic acids is 1. The van der Waals surface area contributed by atoms with Gasteiger partial charge in [0.05, 0.1) is 26.2 Å². The molecular formula is C24H33N4O+. The van der Waals surface area contributed by atoms with Crippen molar-refractivity contribution in [1.82, 2.24) is 4.90 Å². The van der Waals surface area contributed by atoms with Gasteiger partial charge in [0.2, 0.25) is 0 Å². The Bertz CT molecular complexity index is 836. The van der Waals surface area contributed by atoms with E-state index in [2.05, 4.69) is 77.1 Å². The molecule has 2 aliphatic rings. The van der Waals surface area contributed by atoms with E-state index in [4.69, 9.17) is 0 Å². The monoisotopic (exact) mass is 393 g/mol. The van der Waals surface area contributed by atoms with Crippen molar-refractivity contribution in [1.29, 1.82) is 0 Å². The van der Waals surface area contributed by atoms with Crippen LogP contribution in [-0.2, 0) is 4.79 Å². The molecule has 2 aliphatic heterocycles. The molecule has 29 heavy (non-hydrogen) atoms. The van der Waals surface area contributed by atoms with E-state index < -0.39 is 0 Å². The maximum absolute atomic E-state index is 12.9. The van der Waals surface area contributed by atoms with Crippen molar-refractivity contribution >= 4 is 17.3 Å². The molecule has 0 radical (unpaired) electrons. The van der Waals surface area contributed by atoms with Crippen molar-refractivity contribution in [3.05, 3.63) is 59.7 Å². The van der Waals surface area contributed by atoms with Crippen LogP contribution in [0.3, 0.4) is 0 Å². The third-order valence-electron chi connectivity index (χ3n) is 6.42. The minimum Gasteiger partial charge on any atom is -0.368 e. The Labute approximate surface area is 174 Å². The molecule has 2 aromatic rings. The first kappa shape index (κ1) is 19.8. The van der Waals surface area contributed by atoms with Crippen LogP contribution in [0.4, 0.5) is 11.4 Å². The highest BCUT2D eigenvalue weighted by Crippen LogP contribution is 2.21. The van der Waals surface area contributed by atoms with Crippen LogP contribution in [0.25, 0.3) is 0 Å². The van der Waals surface area contributed by atoms with Crippen molar-refractivity contribution in [3.8, 4) is 0 Å². The van der Waals surface area contributed by atoms with Crippen LogP contribution in [0, 0.1) is 13.8 Å². The lowest BCUT2D eigenvalue weighted by molar-refractivity contribution is -0.892. The van der Waals surface area contributed by atoms with Crippen molar-refractivity contribution in [2.75, 3.05) is 68.7 Å². The number of rotatable bonds is 4. The number of nitrogens with zero attached hydrogens (tertiary/aromatic N) is 3. The molecule has 1 N–H and O–H groups in total. The second-order valence-electron chi connectivity index (χ2n) is 8.35. The fourth-order valence-electron chi connectivity index (χ4n) is 4.60. The molecule has 5 nitrogen and oxygen atoms in total. The van der Waals surface area contributed by atoms with Crippen molar-refractivity contribution in [2.24, 2.45) is 0 Å². The number of hydrogen-bond acceptors (Lipinski definition) is 3. The van der Waals surface area contributed by atoms with Crippen LogP contribution in [0.5, 0.6) is 0 Å². The van der Waals surface area contributed by atoms with Gasteiger partial charge < -0.3 is 19.6 Å². The molecule has 2 saturated heterocycles. The Morgan fingerprint density at radius 2 is 1.24 bits per heavy atom. The Morgan fingerprint density at radius 1 is 0.759 bits per heavy atom. The summed E-state index contributed by atoms with van der Waals surface area (Å²) in [5.74, 6) is 0.314. The van der Waals surface area contributed by atoms with E-state index >= 15 is 0 Å². The van der Waals surface area contributed by atoms with E-state index in [0.29, 0.717) is 12.5 Å². The van der Waals surface area contributed by atoms with Gasteiger partial charge in [0.1, 0.15) is 0 Å². The number of anilines is 2. The first-order valence-electron chi connectivity index (χ1n) is 10.8. The molecule has 0 saturated carbocycles. The lowest BCUT2D eigenvalue weighted by Gasteiger charge is -2.38. The van der Waals surface area contributed by atoms with Gasteiger partial charge in [0, 0.05) is 37.6 Å². The maximum atomic E-state index is 12.9. The van der Waals surface area contributed by atoms with Crippen molar-refractivity contribution < 1.29 is 9.69 Å². The smallest absolute Gasteiger partial charge is 0.277 e. The lowest BCUT2D eigenvalue weighted by Crippen LogP contribution is -3.16. The van der Waals surface area contributed by atoms with Gasteiger partial charge in [-0.2, -0.15) is 0 Å². The zero-order chi connectivity index (χ0) is 20.2. The Hall–Kier alpha value is -2.53. The van der Waals surface area contributed by atoms with Gasteiger partial charge in [-0.25, -0.2) is 0 Å². The molecule has 2 heterocycles. The van der Waals surface area contributed by atoms with Crippen LogP contribution in [0.1, 0.15) is 11.1 Å². The molecule has 5 heteroatoms. The molecule has 154 valence electrons. The van der Waals surface area contributed by atoms with Gasteiger partial charge in [-0.05, 0) is 37.1 Å². The van der Waals surface area contributed by atoms with Gasteiger partial charge in [-0.15, -0.1) is 0 Å². The average Bonchev–Trinajstić information content (AvgIpc) is 2.75. The van der Waals surface area contributed by atoms with E-state index in [1.807, 2.05) is 0 Å². The number of nitrogens with one attached hydrogen (secondary N) is 1. The number of benzene rings is 2. The summed E-state index contributed by atoms with van der Waals surface area (Å²) < 4.78 is 0. The summed E-state index contributed by atoms with van der Waals surface area (Å²) in [5, 5.41) is 0. The van der Waals surface area contributed by atoms with Crippen molar-refractivity contribution in [3.63, 3.8) is 0 Å². The minimum absolute atomic E-state index is 0.314. The third kappa shape index (κ3) is 4.56. The summed E-state index contributed by atoms with van der Waals surface area (Å²) in [6, 6.07) is 17.1. The quantitative estimate of drug-likeness (QED) is 0.851. The molecule has 2 aromatic carbocycles. The van der Waals surface area contributed by atoms with Gasteiger partial charge in [-0.3, -0.25) is 4.79 Å². The summed E-state index contributed by atoms with van der Waals surface area (Å²) in [4.78, 5) is 21.2. The molecule has 0 bridgehead atoms. The number of hydrogen-bond donors (Lipinski definition) is 1. The van der Waals surface area contributed by atoms with Crippen LogP contribution in [0.15, 0.2) is 48.5 Å². The van der Waals surface area contributed by atoms with Crippen LogP contribution in [0.2, 0.25) is 0 Å². The highest BCUT2D eigenvalue weighted by atomic mass is 16.2. The third-order valence-corrected chi connectivity index (χ3v) is 6.42. The van der Waals surface area contributed by atoms with E-state index in [9.17, 15) is 4.79 Å². The summed E-state index contributed by atoms with van der Waals surface area (Å²) in [6.45, 7) is 12.6. The molecular weight excluding hydrogens is 360 g/mol. The number of quaternary nitrogens is 1. The van der Waals surface area contributed by atoms with Crippen LogP contribution < -0.4 is 14.7 Å². The SMILES string of the molecule is Cc1ccccc1N1CCN(C(=O)C[NH+]2CCN(c3ccccc3C)CC2)CC1. The van der Waals surface area contributed by atoms with E-state index in [1.54, 1.807) is 0 Å². The number of amides is 1. The number of aryl methyl sites for hydroxylation is 2. The van der Waals surface area contributed by atoms with Gasteiger partial charge in [-0.1, -0.05) is 36.4 Å². The van der Waals surface area contributed by atoms with Crippen LogP contribution >= 0.6 is 0 Å². The summed E-state index contributed by atoms with van der Waals surface area (Å²) in [6.07, 6.45) is 0. The lowest BCUT2D eigenvalue weighted by atomic mass is 10.1. The molecule has 0 aromatic heterocycles. The predicted octanol–water partition coefficient (Wildman–Crippen LogP) is 1.36. The molecule has 0 spiro atoms. The maximum Gasteiger partial charge on any atom is 0.277 e. The van der Waals surface area contributed by atoms with Gasteiger partial charge >= 0.3 is 0 Å². The summed E-state index contributed by atoms with van der Waals surface area (Å²) in [7, 11) is 0. The fraction of sp³-hybridized carbons (Fsp3) is 0.458. The molecule has 0 aliphatic carbocycles. The summed E-state index contributed by atoms with van der Waals surface area (Å²) in [5.41, 5.74) is 5.28. The van der Waals surface area contributed by atoms with E-state index in [-0.39, 0.29) is 0 Å². The average molecular weight is 394 g/mol. The highest BCUT2D eigenvalue weighted by Gasteiger charge is 2.27. The molecule has 1 amide bonds. The molecule has 2 fully saturated rings. The zero-order valence-electron chi connectivity index (χ0n) is 17.7. The zero-order valence-corrected chi connectivity index (χ0v) is 17.7. The number of carbonyl (C=O) groups is 1. The Kier molecular flexibility index (Phi) is 6.05. The van der Waals surface area contributed by atoms with E-state index in [1.165, 1.54) is 27.4 Å². The first-order valence-corrected chi connectivity index (χ1v) is 10.8. The van der Waals surface area contributed by atoms with Gasteiger partial charge in [0.15, 0.2) is 6.54 Å². The first-order chi connectivity index (χ1) is 14.1. The minimum atomic E-state index is 0.314. The normalized spacial score (nSPS) is 18.2. The summed E-state index contributed by atoms with van der Waals surface area (Å²) >= 11 is 0. The highest BCUT2D eigenvalue weighted by molar-refractivity contribution is 5.77. The van der Waals surface area contributed by atoms with Crippen molar-refractivity contribution in [2.45, 2.75) is 13.8 Å². The van der Waals surface area contributed by atoms with Crippen LogP contribution in [-0.4, -0.2) is 69.7 Å². The predicted molar refractivity (Wildman–Crippen MR) is 119 cm³/mol. The largest absolute Gasteiger partial charge is 0.368 e. The van der Waals surface area contributed by atoms with Gasteiger partial charge in [0.25, 0.3) is 5.91 Å². The number of para-hydroxylation sites is 2. The second-order valence-corrected chi connectivity index (χ2v) is 8.35. The Morgan fingerprint density at radius 3 is 1.76 bits per heavy atom. The van der Waals surface area contributed by atoms with E-state index in [0.717, 1.165) is 52.4 Å². The molecule has 4 rings (SSSR count). The molecule has 0 unspecified atom stereocenters. The molecule has 0 atom stereocenters. The fourth-order valence-corrected chi connectivity index (χ4v) is 4.60. The second kappa shape index (κ2) is 8.87. The Balaban J connectivity index is 1.25. The topological polar surface area (TPSA) is 31.2 Å². The number of piperazine rings is 2.